The lowest BCUT2D eigenvalue weighted by molar-refractivity contribution is 0.0697. The Kier molecular flexibility index (Phi) is 5.29. The van der Waals surface area contributed by atoms with Gasteiger partial charge in [0.15, 0.2) is 0 Å². The minimum absolute atomic E-state index is 0.188. The maximum atomic E-state index is 12.0. The minimum atomic E-state index is -0.981. The molecule has 0 unspecified atom stereocenters. The first kappa shape index (κ1) is 17.2. The fourth-order valence-corrected chi connectivity index (χ4v) is 2.49. The van der Waals surface area contributed by atoms with Gasteiger partial charge in [-0.2, -0.15) is 0 Å². The zero-order chi connectivity index (χ0) is 18.4. The van der Waals surface area contributed by atoms with Crippen LogP contribution in [-0.4, -0.2) is 17.2 Å². The molecule has 0 bridgehead atoms. The van der Waals surface area contributed by atoms with Crippen LogP contribution >= 0.6 is 0 Å². The van der Waals surface area contributed by atoms with E-state index in [1.807, 2.05) is 42.5 Å². The predicted octanol–water partition coefficient (Wildman–Crippen LogP) is 4.80. The number of nitrogens with one attached hydrogen (secondary N) is 1. The molecule has 0 aliphatic carbocycles. The van der Waals surface area contributed by atoms with E-state index in [0.29, 0.717) is 5.69 Å². The minimum Gasteiger partial charge on any atom is -0.478 e. The van der Waals surface area contributed by atoms with Gasteiger partial charge >= 0.3 is 12.1 Å². The molecular formula is C21H17NO4. The van der Waals surface area contributed by atoms with Gasteiger partial charge in [-0.25, -0.2) is 9.59 Å². The Bertz CT molecular complexity index is 922. The molecule has 0 atom stereocenters. The highest BCUT2D eigenvalue weighted by molar-refractivity contribution is 5.90. The number of rotatable bonds is 5. The fourth-order valence-electron chi connectivity index (χ4n) is 2.49. The van der Waals surface area contributed by atoms with Crippen molar-refractivity contribution in [2.45, 2.75) is 6.61 Å². The molecule has 3 aromatic rings. The SMILES string of the molecule is O=C(Nc1cccc(-c2cccc(C(=O)O)c2)c1)OCc1ccccc1. The number of hydrogen-bond acceptors (Lipinski definition) is 3. The van der Waals surface area contributed by atoms with Crippen LogP contribution in [0, 0.1) is 0 Å². The number of ether oxygens (including phenoxy) is 1. The molecule has 5 heteroatoms. The van der Waals surface area contributed by atoms with E-state index in [1.54, 1.807) is 30.3 Å². The van der Waals surface area contributed by atoms with Crippen LogP contribution in [0.5, 0.6) is 0 Å². The molecule has 1 amide bonds. The Morgan fingerprint density at radius 2 is 1.54 bits per heavy atom. The second kappa shape index (κ2) is 7.98. The van der Waals surface area contributed by atoms with Crippen LogP contribution in [0.1, 0.15) is 15.9 Å². The van der Waals surface area contributed by atoms with Crippen molar-refractivity contribution in [3.05, 3.63) is 90.0 Å². The molecule has 0 aliphatic heterocycles. The van der Waals surface area contributed by atoms with Crippen molar-refractivity contribution < 1.29 is 19.4 Å². The van der Waals surface area contributed by atoms with Gasteiger partial charge in [0, 0.05) is 5.69 Å². The van der Waals surface area contributed by atoms with Crippen molar-refractivity contribution in [2.24, 2.45) is 0 Å². The van der Waals surface area contributed by atoms with Crippen LogP contribution < -0.4 is 5.32 Å². The zero-order valence-corrected chi connectivity index (χ0v) is 13.9. The molecule has 130 valence electrons. The van der Waals surface area contributed by atoms with Gasteiger partial charge in [0.05, 0.1) is 5.56 Å². The Labute approximate surface area is 150 Å². The quantitative estimate of drug-likeness (QED) is 0.695. The fraction of sp³-hybridized carbons (Fsp3) is 0.0476. The van der Waals surface area contributed by atoms with E-state index in [9.17, 15) is 9.59 Å². The highest BCUT2D eigenvalue weighted by atomic mass is 16.5. The summed E-state index contributed by atoms with van der Waals surface area (Å²) < 4.78 is 5.20. The highest BCUT2D eigenvalue weighted by Gasteiger charge is 2.07. The molecule has 0 fully saturated rings. The first-order valence-corrected chi connectivity index (χ1v) is 8.03. The van der Waals surface area contributed by atoms with Crippen LogP contribution in [0.25, 0.3) is 11.1 Å². The highest BCUT2D eigenvalue weighted by Crippen LogP contribution is 2.24. The second-order valence-corrected chi connectivity index (χ2v) is 5.65. The summed E-state index contributed by atoms with van der Waals surface area (Å²) in [4.78, 5) is 23.1. The Hall–Kier alpha value is -3.60. The standard InChI is InChI=1S/C21H17NO4/c23-20(24)18-10-4-8-16(12-18)17-9-5-11-19(13-17)22-21(25)26-14-15-6-2-1-3-7-15/h1-13H,14H2,(H,22,25)(H,23,24). The van der Waals surface area contributed by atoms with Crippen LogP contribution in [0.15, 0.2) is 78.9 Å². The van der Waals surface area contributed by atoms with E-state index in [-0.39, 0.29) is 12.2 Å². The number of hydrogen-bond donors (Lipinski definition) is 2. The zero-order valence-electron chi connectivity index (χ0n) is 13.9. The number of anilines is 1. The molecule has 5 nitrogen and oxygen atoms in total. The van der Waals surface area contributed by atoms with Crippen molar-refractivity contribution in [3.8, 4) is 11.1 Å². The lowest BCUT2D eigenvalue weighted by atomic mass is 10.0. The summed E-state index contributed by atoms with van der Waals surface area (Å²) in [6.45, 7) is 0.188. The maximum absolute atomic E-state index is 12.0. The topological polar surface area (TPSA) is 75.6 Å². The first-order valence-electron chi connectivity index (χ1n) is 8.03. The molecule has 26 heavy (non-hydrogen) atoms. The molecule has 0 spiro atoms. The molecule has 0 radical (unpaired) electrons. The molecular weight excluding hydrogens is 330 g/mol. The van der Waals surface area contributed by atoms with Gasteiger partial charge in [-0.1, -0.05) is 54.6 Å². The Morgan fingerprint density at radius 1 is 0.846 bits per heavy atom. The summed E-state index contributed by atoms with van der Waals surface area (Å²) in [6.07, 6.45) is -0.551. The summed E-state index contributed by atoms with van der Waals surface area (Å²) in [5.74, 6) is -0.981. The number of carboxylic acid groups (broad SMARTS) is 1. The lowest BCUT2D eigenvalue weighted by Crippen LogP contribution is -2.13. The van der Waals surface area contributed by atoms with Crippen molar-refractivity contribution in [1.29, 1.82) is 0 Å². The summed E-state index contributed by atoms with van der Waals surface area (Å²) >= 11 is 0. The van der Waals surface area contributed by atoms with Crippen LogP contribution in [0.3, 0.4) is 0 Å². The van der Waals surface area contributed by atoms with Crippen molar-refractivity contribution >= 4 is 17.7 Å². The third-order valence-electron chi connectivity index (χ3n) is 3.76. The largest absolute Gasteiger partial charge is 0.478 e. The summed E-state index contributed by atoms with van der Waals surface area (Å²) in [7, 11) is 0. The number of aromatic carboxylic acids is 1. The van der Waals surface area contributed by atoms with Gasteiger partial charge in [0.1, 0.15) is 6.61 Å². The molecule has 0 aliphatic rings. The van der Waals surface area contributed by atoms with Crippen LogP contribution in [0.2, 0.25) is 0 Å². The van der Waals surface area contributed by atoms with E-state index >= 15 is 0 Å². The molecule has 0 saturated carbocycles. The lowest BCUT2D eigenvalue weighted by Gasteiger charge is -2.09. The molecule has 3 rings (SSSR count). The van der Waals surface area contributed by atoms with Gasteiger partial charge in [-0.15, -0.1) is 0 Å². The molecule has 2 N–H and O–H groups in total. The normalized spacial score (nSPS) is 10.2. The van der Waals surface area contributed by atoms with E-state index in [4.69, 9.17) is 9.84 Å². The van der Waals surface area contributed by atoms with Crippen LogP contribution in [-0.2, 0) is 11.3 Å². The molecule has 0 aromatic heterocycles. The van der Waals surface area contributed by atoms with Crippen molar-refractivity contribution in [2.75, 3.05) is 5.32 Å². The average molecular weight is 347 g/mol. The van der Waals surface area contributed by atoms with Crippen molar-refractivity contribution in [1.82, 2.24) is 0 Å². The summed E-state index contributed by atoms with van der Waals surface area (Å²) in [5.41, 5.74) is 3.24. The second-order valence-electron chi connectivity index (χ2n) is 5.65. The molecule has 3 aromatic carbocycles. The van der Waals surface area contributed by atoms with Gasteiger partial charge in [-0.05, 0) is 41.0 Å². The number of amides is 1. The third kappa shape index (κ3) is 4.48. The van der Waals surface area contributed by atoms with Crippen LogP contribution in [0.4, 0.5) is 10.5 Å². The van der Waals surface area contributed by atoms with Gasteiger partial charge in [0.2, 0.25) is 0 Å². The van der Waals surface area contributed by atoms with E-state index in [0.717, 1.165) is 16.7 Å². The first-order chi connectivity index (χ1) is 12.6. The van der Waals surface area contributed by atoms with Gasteiger partial charge in [-0.3, -0.25) is 5.32 Å². The number of carbonyl (C=O) groups is 2. The molecule has 0 saturated heterocycles. The van der Waals surface area contributed by atoms with Gasteiger partial charge < -0.3 is 9.84 Å². The van der Waals surface area contributed by atoms with E-state index < -0.39 is 12.1 Å². The number of benzene rings is 3. The third-order valence-corrected chi connectivity index (χ3v) is 3.76. The van der Waals surface area contributed by atoms with Crippen molar-refractivity contribution in [3.63, 3.8) is 0 Å². The predicted molar refractivity (Wildman–Crippen MR) is 99.1 cm³/mol. The van der Waals surface area contributed by atoms with Gasteiger partial charge in [0.25, 0.3) is 0 Å². The summed E-state index contributed by atoms with van der Waals surface area (Å²) in [5, 5.41) is 11.8. The maximum Gasteiger partial charge on any atom is 0.411 e. The average Bonchev–Trinajstić information content (AvgIpc) is 2.67. The Balaban J connectivity index is 1.68. The smallest absolute Gasteiger partial charge is 0.411 e. The Morgan fingerprint density at radius 3 is 2.27 bits per heavy atom. The molecule has 0 heterocycles. The number of carbonyl (C=O) groups excluding carboxylic acids is 1. The monoisotopic (exact) mass is 347 g/mol. The van der Waals surface area contributed by atoms with E-state index in [2.05, 4.69) is 5.32 Å². The summed E-state index contributed by atoms with van der Waals surface area (Å²) in [6, 6.07) is 23.2. The number of carboxylic acids is 1. The van der Waals surface area contributed by atoms with E-state index in [1.165, 1.54) is 6.07 Å².